The Kier molecular flexibility index (Phi) is 4.99. The zero-order chi connectivity index (χ0) is 12.0. The Labute approximate surface area is 96.6 Å². The topological polar surface area (TPSA) is 52.3 Å². The smallest absolute Gasteiger partial charge is 0.320 e. The minimum atomic E-state index is -0.353. The molecule has 0 saturated carbocycles. The van der Waals surface area contributed by atoms with E-state index in [1.165, 1.54) is 5.56 Å². The number of benzene rings is 1. The number of rotatable bonds is 5. The molecular formula is C13H19NO2. The van der Waals surface area contributed by atoms with Crippen LogP contribution in [0.25, 0.3) is 0 Å². The molecule has 0 saturated heterocycles. The molecule has 0 aliphatic carbocycles. The maximum absolute atomic E-state index is 11.2. The molecule has 0 aromatic heterocycles. The Bertz CT molecular complexity index is 350. The quantitative estimate of drug-likeness (QED) is 0.775. The highest BCUT2D eigenvalue weighted by Crippen LogP contribution is 2.22. The van der Waals surface area contributed by atoms with Crippen molar-refractivity contribution in [2.45, 2.75) is 32.8 Å². The molecular weight excluding hydrogens is 202 g/mol. The van der Waals surface area contributed by atoms with Gasteiger partial charge < -0.3 is 10.5 Å². The second-order valence-corrected chi connectivity index (χ2v) is 3.69. The average Bonchev–Trinajstić information content (AvgIpc) is 2.35. The molecule has 0 bridgehead atoms. The molecule has 0 spiro atoms. The number of hydrogen-bond acceptors (Lipinski definition) is 3. The number of esters is 1. The molecule has 1 aromatic carbocycles. The lowest BCUT2D eigenvalue weighted by molar-refractivity contribution is -0.147. The van der Waals surface area contributed by atoms with Crippen LogP contribution < -0.4 is 5.73 Å². The summed E-state index contributed by atoms with van der Waals surface area (Å²) in [7, 11) is 0. The molecule has 1 unspecified atom stereocenters. The third kappa shape index (κ3) is 3.35. The van der Waals surface area contributed by atoms with Crippen LogP contribution in [0.2, 0.25) is 0 Å². The summed E-state index contributed by atoms with van der Waals surface area (Å²) in [5, 5.41) is 0. The van der Waals surface area contributed by atoms with Crippen LogP contribution in [-0.4, -0.2) is 12.5 Å². The van der Waals surface area contributed by atoms with Gasteiger partial charge >= 0.3 is 5.97 Å². The molecule has 88 valence electrons. The summed E-state index contributed by atoms with van der Waals surface area (Å²) >= 11 is 0. The van der Waals surface area contributed by atoms with Crippen molar-refractivity contribution < 1.29 is 9.53 Å². The van der Waals surface area contributed by atoms with Crippen LogP contribution in [0.15, 0.2) is 24.3 Å². The van der Waals surface area contributed by atoms with Gasteiger partial charge in [0.05, 0.1) is 6.54 Å². The summed E-state index contributed by atoms with van der Waals surface area (Å²) in [6.45, 7) is 4.03. The van der Waals surface area contributed by atoms with Crippen molar-refractivity contribution in [3.8, 4) is 0 Å². The van der Waals surface area contributed by atoms with Crippen LogP contribution in [0, 0.1) is 0 Å². The highest BCUT2D eigenvalue weighted by atomic mass is 16.5. The van der Waals surface area contributed by atoms with E-state index in [0.29, 0.717) is 0 Å². The Morgan fingerprint density at radius 1 is 1.44 bits per heavy atom. The van der Waals surface area contributed by atoms with Crippen LogP contribution in [0.3, 0.4) is 0 Å². The normalized spacial score (nSPS) is 12.2. The first-order valence-corrected chi connectivity index (χ1v) is 5.69. The van der Waals surface area contributed by atoms with E-state index in [0.717, 1.165) is 18.4 Å². The van der Waals surface area contributed by atoms with E-state index >= 15 is 0 Å². The Morgan fingerprint density at radius 3 is 2.75 bits per heavy atom. The van der Waals surface area contributed by atoms with E-state index in [4.69, 9.17) is 10.5 Å². The fraction of sp³-hybridized carbons (Fsp3) is 0.462. The first-order valence-electron chi connectivity index (χ1n) is 5.69. The van der Waals surface area contributed by atoms with Gasteiger partial charge in [0, 0.05) is 0 Å². The summed E-state index contributed by atoms with van der Waals surface area (Å²) < 4.78 is 5.27. The molecule has 0 fully saturated rings. The number of hydrogen-bond donors (Lipinski definition) is 1. The van der Waals surface area contributed by atoms with Crippen molar-refractivity contribution >= 4 is 5.97 Å². The van der Waals surface area contributed by atoms with Crippen LogP contribution in [0.5, 0.6) is 0 Å². The van der Waals surface area contributed by atoms with Crippen LogP contribution in [-0.2, 0) is 16.0 Å². The van der Waals surface area contributed by atoms with Gasteiger partial charge in [-0.25, -0.2) is 0 Å². The van der Waals surface area contributed by atoms with E-state index < -0.39 is 0 Å². The van der Waals surface area contributed by atoms with E-state index in [1.54, 1.807) is 0 Å². The molecule has 1 atom stereocenters. The number of carbonyl (C=O) groups is 1. The van der Waals surface area contributed by atoms with Crippen molar-refractivity contribution in [3.63, 3.8) is 0 Å². The molecule has 2 N–H and O–H groups in total. The molecule has 0 aliphatic rings. The SMILES string of the molecule is CCc1cccc(C(CC)OC(=O)CN)c1. The largest absolute Gasteiger partial charge is 0.457 e. The third-order valence-corrected chi connectivity index (χ3v) is 2.54. The summed E-state index contributed by atoms with van der Waals surface area (Å²) in [5.74, 6) is -0.353. The molecule has 1 aromatic rings. The maximum atomic E-state index is 11.2. The predicted molar refractivity (Wildman–Crippen MR) is 64.0 cm³/mol. The average molecular weight is 221 g/mol. The van der Waals surface area contributed by atoms with Gasteiger partial charge in [-0.3, -0.25) is 4.79 Å². The van der Waals surface area contributed by atoms with Crippen molar-refractivity contribution in [2.75, 3.05) is 6.54 Å². The van der Waals surface area contributed by atoms with E-state index in [2.05, 4.69) is 19.1 Å². The second kappa shape index (κ2) is 6.28. The monoisotopic (exact) mass is 221 g/mol. The summed E-state index contributed by atoms with van der Waals surface area (Å²) in [6, 6.07) is 8.13. The minimum Gasteiger partial charge on any atom is -0.457 e. The number of carbonyl (C=O) groups excluding carboxylic acids is 1. The lowest BCUT2D eigenvalue weighted by Crippen LogP contribution is -2.19. The zero-order valence-electron chi connectivity index (χ0n) is 9.90. The van der Waals surface area contributed by atoms with Crippen molar-refractivity contribution in [1.82, 2.24) is 0 Å². The lowest BCUT2D eigenvalue weighted by atomic mass is 10.0. The van der Waals surface area contributed by atoms with Gasteiger partial charge in [0.25, 0.3) is 0 Å². The second-order valence-electron chi connectivity index (χ2n) is 3.69. The van der Waals surface area contributed by atoms with Crippen molar-refractivity contribution in [2.24, 2.45) is 5.73 Å². The van der Waals surface area contributed by atoms with Gasteiger partial charge in [0.15, 0.2) is 0 Å². The summed E-state index contributed by atoms with van der Waals surface area (Å²) in [5.41, 5.74) is 7.53. The first kappa shape index (κ1) is 12.7. The van der Waals surface area contributed by atoms with Crippen LogP contribution in [0.1, 0.15) is 37.5 Å². The molecule has 0 radical (unpaired) electrons. The standard InChI is InChI=1S/C13H19NO2/c1-3-10-6-5-7-11(8-10)12(4-2)16-13(15)9-14/h5-8,12H,3-4,9,14H2,1-2H3. The third-order valence-electron chi connectivity index (χ3n) is 2.54. The summed E-state index contributed by atoms with van der Waals surface area (Å²) in [6.07, 6.45) is 1.57. The van der Waals surface area contributed by atoms with Gasteiger partial charge in [0.1, 0.15) is 6.10 Å². The molecule has 1 rings (SSSR count). The van der Waals surface area contributed by atoms with Gasteiger partial charge in [-0.2, -0.15) is 0 Å². The minimum absolute atomic E-state index is 0.0655. The molecule has 3 nitrogen and oxygen atoms in total. The van der Waals surface area contributed by atoms with Crippen molar-refractivity contribution in [1.29, 1.82) is 0 Å². The van der Waals surface area contributed by atoms with E-state index in [-0.39, 0.29) is 18.6 Å². The van der Waals surface area contributed by atoms with Gasteiger partial charge in [-0.05, 0) is 24.0 Å². The number of nitrogens with two attached hydrogens (primary N) is 1. The lowest BCUT2D eigenvalue weighted by Gasteiger charge is -2.16. The van der Waals surface area contributed by atoms with Gasteiger partial charge in [0.2, 0.25) is 0 Å². The molecule has 3 heteroatoms. The highest BCUT2D eigenvalue weighted by molar-refractivity contribution is 5.71. The Balaban J connectivity index is 2.81. The zero-order valence-corrected chi connectivity index (χ0v) is 9.90. The van der Waals surface area contributed by atoms with Crippen LogP contribution >= 0.6 is 0 Å². The Morgan fingerprint density at radius 2 is 2.19 bits per heavy atom. The van der Waals surface area contributed by atoms with Gasteiger partial charge in [-0.1, -0.05) is 38.1 Å². The maximum Gasteiger partial charge on any atom is 0.320 e. The van der Waals surface area contributed by atoms with E-state index in [9.17, 15) is 4.79 Å². The van der Waals surface area contributed by atoms with Crippen molar-refractivity contribution in [3.05, 3.63) is 35.4 Å². The fourth-order valence-corrected chi connectivity index (χ4v) is 1.61. The molecule has 0 aliphatic heterocycles. The fourth-order valence-electron chi connectivity index (χ4n) is 1.61. The van der Waals surface area contributed by atoms with Crippen LogP contribution in [0.4, 0.5) is 0 Å². The highest BCUT2D eigenvalue weighted by Gasteiger charge is 2.13. The van der Waals surface area contributed by atoms with E-state index in [1.807, 2.05) is 19.1 Å². The molecule has 16 heavy (non-hydrogen) atoms. The summed E-state index contributed by atoms with van der Waals surface area (Å²) in [4.78, 5) is 11.2. The molecule has 0 heterocycles. The molecule has 0 amide bonds. The number of aryl methyl sites for hydroxylation is 1. The first-order chi connectivity index (χ1) is 7.71. The predicted octanol–water partition coefficient (Wildman–Crippen LogP) is 2.20. The Hall–Kier alpha value is -1.35. The number of ether oxygens (including phenoxy) is 1. The van der Waals surface area contributed by atoms with Gasteiger partial charge in [-0.15, -0.1) is 0 Å².